The van der Waals surface area contributed by atoms with E-state index >= 15 is 0 Å². The molecule has 0 aromatic carbocycles. The van der Waals surface area contributed by atoms with Gasteiger partial charge in [-0.15, -0.1) is 11.8 Å². The Bertz CT molecular complexity index is 620. The van der Waals surface area contributed by atoms with Gasteiger partial charge in [-0.25, -0.2) is 9.97 Å². The first kappa shape index (κ1) is 13.8. The zero-order chi connectivity index (χ0) is 14.3. The third kappa shape index (κ3) is 2.00. The number of fused-ring (bicyclic) bond motifs is 1. The van der Waals surface area contributed by atoms with Gasteiger partial charge >= 0.3 is 0 Å². The van der Waals surface area contributed by atoms with Crippen molar-refractivity contribution in [3.05, 3.63) is 18.1 Å². The van der Waals surface area contributed by atoms with Crippen LogP contribution in [0.4, 0.5) is 0 Å². The normalized spacial score (nSPS) is 30.2. The zero-order valence-electron chi connectivity index (χ0n) is 10.7. The fourth-order valence-corrected chi connectivity index (χ4v) is 2.98. The fraction of sp³-hybridized carbons (Fsp3) is 0.500. The van der Waals surface area contributed by atoms with Gasteiger partial charge < -0.3 is 25.0 Å². The van der Waals surface area contributed by atoms with E-state index in [2.05, 4.69) is 15.0 Å². The molecule has 0 saturated carbocycles. The topological polar surface area (TPSA) is 111 Å². The van der Waals surface area contributed by atoms with Crippen LogP contribution in [0.2, 0.25) is 0 Å². The summed E-state index contributed by atoms with van der Waals surface area (Å²) in [5.74, 6) is 0. The molecule has 1 fully saturated rings. The van der Waals surface area contributed by atoms with Gasteiger partial charge in [-0.1, -0.05) is 0 Å². The average molecular weight is 297 g/mol. The lowest BCUT2D eigenvalue weighted by molar-refractivity contribution is -0.0224. The van der Waals surface area contributed by atoms with Crippen molar-refractivity contribution in [3.8, 4) is 0 Å². The average Bonchev–Trinajstić information content (AvgIpc) is 3.01. The molecule has 0 aliphatic carbocycles. The summed E-state index contributed by atoms with van der Waals surface area (Å²) in [6, 6.07) is 0. The highest BCUT2D eigenvalue weighted by Gasteiger charge is 2.44. The van der Waals surface area contributed by atoms with Crippen molar-refractivity contribution in [1.29, 1.82) is 0 Å². The lowest BCUT2D eigenvalue weighted by Gasteiger charge is -2.13. The molecule has 8 heteroatoms. The Labute approximate surface area is 119 Å². The van der Waals surface area contributed by atoms with Crippen molar-refractivity contribution in [2.45, 2.75) is 29.4 Å². The van der Waals surface area contributed by atoms with Crippen molar-refractivity contribution in [1.82, 2.24) is 15.0 Å². The number of ether oxygens (including phenoxy) is 1. The van der Waals surface area contributed by atoms with Gasteiger partial charge in [0.05, 0.1) is 17.6 Å². The summed E-state index contributed by atoms with van der Waals surface area (Å²) in [5.41, 5.74) is 2.08. The molecule has 0 spiro atoms. The number of aliphatic hydroxyl groups excluding tert-OH is 3. The van der Waals surface area contributed by atoms with Crippen LogP contribution >= 0.6 is 11.8 Å². The molecule has 4 N–H and O–H groups in total. The Morgan fingerprint density at radius 3 is 2.80 bits per heavy atom. The first-order valence-corrected chi connectivity index (χ1v) is 7.38. The van der Waals surface area contributed by atoms with Crippen molar-refractivity contribution < 1.29 is 20.1 Å². The summed E-state index contributed by atoms with van der Waals surface area (Å²) < 4.78 is 5.52. The molecule has 1 saturated heterocycles. The number of hydrogen-bond acceptors (Lipinski definition) is 7. The Morgan fingerprint density at radius 1 is 1.35 bits per heavy atom. The molecule has 1 aliphatic rings. The first-order chi connectivity index (χ1) is 9.67. The summed E-state index contributed by atoms with van der Waals surface area (Å²) in [5, 5.41) is 29.8. The molecule has 0 bridgehead atoms. The van der Waals surface area contributed by atoms with Crippen LogP contribution in [0.1, 0.15) is 11.7 Å². The van der Waals surface area contributed by atoms with Crippen LogP contribution in [-0.2, 0) is 4.74 Å². The van der Waals surface area contributed by atoms with Crippen LogP contribution in [0.5, 0.6) is 0 Å². The number of nitrogens with one attached hydrogen (secondary N) is 1. The SMILES string of the molecule is CSc1ncnc2c([C@@H]3O[C@H](CO)[C@@H](O)[C@H]3O)c[nH]c12. The Hall–Kier alpha value is -1.19. The Kier molecular flexibility index (Phi) is 3.65. The highest BCUT2D eigenvalue weighted by Crippen LogP contribution is 2.37. The standard InChI is InChI=1S/C12H15N3O4S/c1-20-12-8-7(14-4-15-12)5(2-13-8)11-10(18)9(17)6(3-16)19-11/h2,4,6,9-11,13,16-18H,3H2,1H3/t6-,9-,10-,11+/m1/s1. The van der Waals surface area contributed by atoms with E-state index in [4.69, 9.17) is 9.84 Å². The van der Waals surface area contributed by atoms with E-state index in [0.29, 0.717) is 11.1 Å². The van der Waals surface area contributed by atoms with E-state index in [1.165, 1.54) is 18.1 Å². The predicted octanol–water partition coefficient (Wildman–Crippen LogP) is -0.166. The van der Waals surface area contributed by atoms with E-state index in [1.807, 2.05) is 6.26 Å². The maximum Gasteiger partial charge on any atom is 0.123 e. The molecule has 108 valence electrons. The maximum atomic E-state index is 10.1. The molecule has 2 aromatic rings. The third-order valence-electron chi connectivity index (χ3n) is 3.50. The number of rotatable bonds is 3. The minimum atomic E-state index is -1.11. The van der Waals surface area contributed by atoms with Gasteiger partial charge in [0.25, 0.3) is 0 Å². The number of thioether (sulfide) groups is 1. The van der Waals surface area contributed by atoms with Crippen molar-refractivity contribution >= 4 is 22.8 Å². The minimum absolute atomic E-state index is 0.345. The molecule has 3 heterocycles. The van der Waals surface area contributed by atoms with Crippen molar-refractivity contribution in [2.24, 2.45) is 0 Å². The number of nitrogens with zero attached hydrogens (tertiary/aromatic N) is 2. The number of hydrogen-bond donors (Lipinski definition) is 4. The smallest absolute Gasteiger partial charge is 0.123 e. The van der Waals surface area contributed by atoms with Crippen molar-refractivity contribution in [3.63, 3.8) is 0 Å². The summed E-state index contributed by atoms with van der Waals surface area (Å²) in [6.45, 7) is -0.345. The second-order valence-corrected chi connectivity index (χ2v) is 5.40. The number of aromatic nitrogens is 3. The minimum Gasteiger partial charge on any atom is -0.394 e. The van der Waals surface area contributed by atoms with Crippen LogP contribution in [0.3, 0.4) is 0 Å². The second kappa shape index (κ2) is 5.30. The highest BCUT2D eigenvalue weighted by atomic mass is 32.2. The molecule has 1 aliphatic heterocycles. The molecule has 0 amide bonds. The van der Waals surface area contributed by atoms with Crippen LogP contribution < -0.4 is 0 Å². The number of aromatic amines is 1. The summed E-state index contributed by atoms with van der Waals surface area (Å²) >= 11 is 1.49. The van der Waals surface area contributed by atoms with E-state index in [0.717, 1.165) is 10.5 Å². The molecule has 7 nitrogen and oxygen atoms in total. The Balaban J connectivity index is 2.03. The fourth-order valence-electron chi connectivity index (χ4n) is 2.46. The maximum absolute atomic E-state index is 10.1. The van der Waals surface area contributed by atoms with E-state index in [1.54, 1.807) is 6.20 Å². The molecule has 0 unspecified atom stereocenters. The van der Waals surface area contributed by atoms with Gasteiger partial charge in [0.15, 0.2) is 0 Å². The first-order valence-electron chi connectivity index (χ1n) is 6.15. The number of H-pyrrole nitrogens is 1. The lowest BCUT2D eigenvalue weighted by atomic mass is 10.0. The summed E-state index contributed by atoms with van der Waals surface area (Å²) in [6.07, 6.45) is 1.33. The van der Waals surface area contributed by atoms with Gasteiger partial charge in [0.2, 0.25) is 0 Å². The predicted molar refractivity (Wildman–Crippen MR) is 72.4 cm³/mol. The van der Waals surface area contributed by atoms with Gasteiger partial charge in [-0.3, -0.25) is 0 Å². The Morgan fingerprint density at radius 2 is 2.15 bits per heavy atom. The molecular formula is C12H15N3O4S. The van der Waals surface area contributed by atoms with E-state index in [-0.39, 0.29) is 6.61 Å². The number of aliphatic hydroxyl groups is 3. The van der Waals surface area contributed by atoms with Crippen LogP contribution in [0.15, 0.2) is 17.6 Å². The van der Waals surface area contributed by atoms with Gasteiger partial charge in [0.1, 0.15) is 35.8 Å². The van der Waals surface area contributed by atoms with Crippen LogP contribution in [0.25, 0.3) is 11.0 Å². The quantitative estimate of drug-likeness (QED) is 0.460. The van der Waals surface area contributed by atoms with Crippen molar-refractivity contribution in [2.75, 3.05) is 12.9 Å². The molecule has 20 heavy (non-hydrogen) atoms. The third-order valence-corrected chi connectivity index (χ3v) is 4.20. The molecule has 2 aromatic heterocycles. The molecule has 4 atom stereocenters. The summed E-state index contributed by atoms with van der Waals surface area (Å²) in [4.78, 5) is 11.4. The van der Waals surface area contributed by atoms with Crippen LogP contribution in [0, 0.1) is 0 Å². The summed E-state index contributed by atoms with van der Waals surface area (Å²) in [7, 11) is 0. The molecule has 0 radical (unpaired) electrons. The zero-order valence-corrected chi connectivity index (χ0v) is 11.5. The van der Waals surface area contributed by atoms with Gasteiger partial charge in [-0.05, 0) is 6.26 Å². The molecule has 3 rings (SSSR count). The lowest BCUT2D eigenvalue weighted by Crippen LogP contribution is -2.32. The largest absolute Gasteiger partial charge is 0.394 e. The van der Waals surface area contributed by atoms with E-state index < -0.39 is 24.4 Å². The highest BCUT2D eigenvalue weighted by molar-refractivity contribution is 7.98. The van der Waals surface area contributed by atoms with Gasteiger partial charge in [0, 0.05) is 11.8 Å². The van der Waals surface area contributed by atoms with Gasteiger partial charge in [-0.2, -0.15) is 0 Å². The monoisotopic (exact) mass is 297 g/mol. The van der Waals surface area contributed by atoms with E-state index in [9.17, 15) is 10.2 Å². The second-order valence-electron chi connectivity index (χ2n) is 4.61. The van der Waals surface area contributed by atoms with Crippen LogP contribution in [-0.4, -0.2) is 61.4 Å². The molecular weight excluding hydrogens is 282 g/mol.